The van der Waals surface area contributed by atoms with Gasteiger partial charge in [-0.05, 0) is 55.2 Å². The van der Waals surface area contributed by atoms with Gasteiger partial charge in [-0.1, -0.05) is 56.3 Å². The van der Waals surface area contributed by atoms with Crippen LogP contribution in [-0.2, 0) is 4.79 Å². The van der Waals surface area contributed by atoms with Gasteiger partial charge in [0, 0.05) is 56.6 Å². The van der Waals surface area contributed by atoms with Crippen molar-refractivity contribution in [3.63, 3.8) is 0 Å². The fourth-order valence-electron chi connectivity index (χ4n) is 4.41. The summed E-state index contributed by atoms with van der Waals surface area (Å²) in [6.07, 6.45) is 8.39. The summed E-state index contributed by atoms with van der Waals surface area (Å²) in [6.45, 7) is 9.90. The number of allylic oxidation sites excluding steroid dienone is 4. The van der Waals surface area contributed by atoms with E-state index < -0.39 is 0 Å². The van der Waals surface area contributed by atoms with Gasteiger partial charge in [0.15, 0.2) is 5.84 Å². The molecule has 0 saturated carbocycles. The van der Waals surface area contributed by atoms with Crippen molar-refractivity contribution in [2.75, 3.05) is 40.3 Å². The smallest absolute Gasteiger partial charge is 0.222 e. The summed E-state index contributed by atoms with van der Waals surface area (Å²) in [5, 5.41) is 0. The molecule has 0 N–H and O–H groups in total. The second kappa shape index (κ2) is 14.2. The van der Waals surface area contributed by atoms with Crippen molar-refractivity contribution in [3.8, 4) is 5.75 Å². The summed E-state index contributed by atoms with van der Waals surface area (Å²) in [7, 11) is 3.41. The third-order valence-electron chi connectivity index (χ3n) is 6.63. The van der Waals surface area contributed by atoms with E-state index in [-0.39, 0.29) is 5.91 Å². The molecule has 2 aliphatic rings. The molecule has 2 aromatic carbocycles. The number of ether oxygens (including phenoxy) is 1. The van der Waals surface area contributed by atoms with Gasteiger partial charge in [-0.2, -0.15) is 0 Å². The van der Waals surface area contributed by atoms with E-state index in [0.717, 1.165) is 55.2 Å². The molecular weight excluding hydrogens is 460 g/mol. The molecule has 1 saturated heterocycles. The average molecular weight is 501 g/mol. The Bertz CT molecular complexity index is 1130. The van der Waals surface area contributed by atoms with E-state index in [9.17, 15) is 4.79 Å². The van der Waals surface area contributed by atoms with Crippen molar-refractivity contribution in [1.29, 1.82) is 0 Å². The number of rotatable bonds is 5. The van der Waals surface area contributed by atoms with Crippen molar-refractivity contribution in [1.82, 2.24) is 9.80 Å². The second-order valence-corrected chi connectivity index (χ2v) is 9.28. The van der Waals surface area contributed by atoms with Crippen LogP contribution in [0.15, 0.2) is 88.5 Å². The van der Waals surface area contributed by atoms with Crippen LogP contribution in [0.25, 0.3) is 0 Å². The van der Waals surface area contributed by atoms with Crippen LogP contribution in [0.3, 0.4) is 0 Å². The summed E-state index contributed by atoms with van der Waals surface area (Å²) < 4.78 is 5.16. The first-order valence-corrected chi connectivity index (χ1v) is 13.1. The Balaban J connectivity index is 0.000000208. The monoisotopic (exact) mass is 500 g/mol. The van der Waals surface area contributed by atoms with Gasteiger partial charge in [0.25, 0.3) is 0 Å². The summed E-state index contributed by atoms with van der Waals surface area (Å²) in [5.41, 5.74) is 4.45. The van der Waals surface area contributed by atoms with E-state index in [1.807, 2.05) is 73.3 Å². The number of carbonyl (C=O) groups excluding carboxylic acids is 1. The fourth-order valence-corrected chi connectivity index (χ4v) is 4.41. The van der Waals surface area contributed by atoms with Gasteiger partial charge < -0.3 is 14.5 Å². The Labute approximate surface area is 222 Å². The zero-order valence-electron chi connectivity index (χ0n) is 22.9. The first-order chi connectivity index (χ1) is 17.9. The Morgan fingerprint density at radius 1 is 1.00 bits per heavy atom. The molecule has 6 nitrogen and oxygen atoms in total. The summed E-state index contributed by atoms with van der Waals surface area (Å²) >= 11 is 0. The third-order valence-corrected chi connectivity index (χ3v) is 6.63. The van der Waals surface area contributed by atoms with Gasteiger partial charge in [0.1, 0.15) is 5.75 Å². The summed E-state index contributed by atoms with van der Waals surface area (Å²) in [4.78, 5) is 24.9. The molecule has 1 heterocycles. The van der Waals surface area contributed by atoms with E-state index in [4.69, 9.17) is 4.74 Å². The number of amidine groups is 1. The van der Waals surface area contributed by atoms with Gasteiger partial charge >= 0.3 is 0 Å². The molecule has 1 fully saturated rings. The van der Waals surface area contributed by atoms with E-state index >= 15 is 0 Å². The standard InChI is InChI=1S/C17H18N2O.C14H22N2O/c1-13(14-7-5-4-6-8-14)19-17(18-2)15-9-11-16(20-3)12-10-15;1-3-14(17)16-9-7-15(8-10-16)13-6-4-5-12(2)11-13/h4-12H,1-3H3;4-6,12H,3,7-11H2,1-2H3. The van der Waals surface area contributed by atoms with Gasteiger partial charge in [0.2, 0.25) is 5.91 Å². The van der Waals surface area contributed by atoms with Crippen molar-refractivity contribution in [2.24, 2.45) is 15.9 Å². The van der Waals surface area contributed by atoms with Crippen molar-refractivity contribution >= 4 is 17.5 Å². The summed E-state index contributed by atoms with van der Waals surface area (Å²) in [5.74, 6) is 2.47. The number of hydrogen-bond donors (Lipinski definition) is 0. The Morgan fingerprint density at radius 3 is 2.24 bits per heavy atom. The van der Waals surface area contributed by atoms with Crippen LogP contribution in [0.2, 0.25) is 0 Å². The first-order valence-electron chi connectivity index (χ1n) is 13.1. The number of nitrogens with zero attached hydrogens (tertiary/aromatic N) is 4. The van der Waals surface area contributed by atoms with E-state index in [1.165, 1.54) is 5.70 Å². The lowest BCUT2D eigenvalue weighted by atomic mass is 9.99. The van der Waals surface area contributed by atoms with E-state index in [1.54, 1.807) is 14.2 Å². The minimum Gasteiger partial charge on any atom is -0.497 e. The minimum atomic E-state index is 0.288. The molecule has 2 aromatic rings. The summed E-state index contributed by atoms with van der Waals surface area (Å²) in [6, 6.07) is 17.8. The first kappa shape index (κ1) is 27.9. The SMILES string of the molecule is CCC(=O)N1CCN(C2=CC=CC(C)C2)CC1.CN=C(N=C(C)c1ccccc1)c1ccc(OC)cc1. The molecule has 1 atom stereocenters. The topological polar surface area (TPSA) is 57.5 Å². The highest BCUT2D eigenvalue weighted by Gasteiger charge is 2.22. The van der Waals surface area contributed by atoms with Crippen LogP contribution in [0, 0.1) is 5.92 Å². The lowest BCUT2D eigenvalue weighted by Crippen LogP contribution is -2.48. The number of piperazine rings is 1. The number of hydrogen-bond acceptors (Lipinski definition) is 4. The number of amides is 1. The van der Waals surface area contributed by atoms with E-state index in [0.29, 0.717) is 18.2 Å². The van der Waals surface area contributed by atoms with Crippen molar-refractivity contribution in [3.05, 3.63) is 89.6 Å². The normalized spacial score (nSPS) is 18.1. The minimum absolute atomic E-state index is 0.288. The fraction of sp³-hybridized carbons (Fsp3) is 0.387. The van der Waals surface area contributed by atoms with Gasteiger partial charge in [0.05, 0.1) is 7.11 Å². The van der Waals surface area contributed by atoms with Crippen LogP contribution >= 0.6 is 0 Å². The second-order valence-electron chi connectivity index (χ2n) is 9.28. The number of benzene rings is 2. The molecule has 37 heavy (non-hydrogen) atoms. The predicted molar refractivity (Wildman–Crippen MR) is 154 cm³/mol. The van der Waals surface area contributed by atoms with Gasteiger partial charge in [-0.3, -0.25) is 9.79 Å². The van der Waals surface area contributed by atoms with Crippen LogP contribution in [-0.4, -0.2) is 67.6 Å². The van der Waals surface area contributed by atoms with Crippen molar-refractivity contribution in [2.45, 2.75) is 33.6 Å². The lowest BCUT2D eigenvalue weighted by Gasteiger charge is -2.38. The van der Waals surface area contributed by atoms with Crippen LogP contribution in [0.5, 0.6) is 5.75 Å². The largest absolute Gasteiger partial charge is 0.497 e. The quantitative estimate of drug-likeness (QED) is 0.397. The molecule has 4 rings (SSSR count). The number of methoxy groups -OCH3 is 1. The highest BCUT2D eigenvalue weighted by Crippen LogP contribution is 2.22. The van der Waals surface area contributed by atoms with Crippen molar-refractivity contribution < 1.29 is 9.53 Å². The highest BCUT2D eigenvalue weighted by molar-refractivity contribution is 6.11. The number of aliphatic imine (C=N–C) groups is 2. The molecule has 1 amide bonds. The molecule has 0 bridgehead atoms. The average Bonchev–Trinajstić information content (AvgIpc) is 2.96. The highest BCUT2D eigenvalue weighted by atomic mass is 16.5. The van der Waals surface area contributed by atoms with Crippen LogP contribution < -0.4 is 4.74 Å². The van der Waals surface area contributed by atoms with E-state index in [2.05, 4.69) is 40.0 Å². The third kappa shape index (κ3) is 8.17. The molecular formula is C31H40N4O2. The molecule has 6 heteroatoms. The predicted octanol–water partition coefficient (Wildman–Crippen LogP) is 5.60. The molecule has 0 aromatic heterocycles. The molecule has 196 valence electrons. The Kier molecular flexibility index (Phi) is 10.7. The molecule has 1 unspecified atom stereocenters. The molecule has 0 radical (unpaired) electrons. The maximum atomic E-state index is 11.6. The number of carbonyl (C=O) groups is 1. The molecule has 1 aliphatic heterocycles. The maximum Gasteiger partial charge on any atom is 0.222 e. The zero-order valence-corrected chi connectivity index (χ0v) is 22.9. The van der Waals surface area contributed by atoms with Gasteiger partial charge in [-0.25, -0.2) is 4.99 Å². The lowest BCUT2D eigenvalue weighted by molar-refractivity contribution is -0.132. The Hall–Kier alpha value is -3.67. The van der Waals surface area contributed by atoms with Gasteiger partial charge in [-0.15, -0.1) is 0 Å². The molecule has 0 spiro atoms. The molecule has 1 aliphatic carbocycles. The van der Waals surface area contributed by atoms with Crippen LogP contribution in [0.1, 0.15) is 44.7 Å². The van der Waals surface area contributed by atoms with Crippen LogP contribution in [0.4, 0.5) is 0 Å². The Morgan fingerprint density at radius 2 is 1.68 bits per heavy atom. The maximum absolute atomic E-state index is 11.6. The zero-order chi connectivity index (χ0) is 26.6.